The number of fused-ring (bicyclic) bond motifs is 1. The van der Waals surface area contributed by atoms with Crippen LogP contribution in [0.25, 0.3) is 10.9 Å². The predicted molar refractivity (Wildman–Crippen MR) is 109 cm³/mol. The molecule has 4 nitrogen and oxygen atoms in total. The van der Waals surface area contributed by atoms with Crippen molar-refractivity contribution in [3.05, 3.63) is 94.8 Å². The number of hydrogen-bond donors (Lipinski definition) is 1. The Morgan fingerprint density at radius 1 is 1.00 bits per heavy atom. The van der Waals surface area contributed by atoms with Crippen LogP contribution >= 0.6 is 11.6 Å². The number of aromatic nitrogens is 2. The van der Waals surface area contributed by atoms with E-state index < -0.39 is 0 Å². The van der Waals surface area contributed by atoms with Crippen LogP contribution in [0.4, 0.5) is 11.5 Å². The van der Waals surface area contributed by atoms with Crippen molar-refractivity contribution in [3.8, 4) is 0 Å². The summed E-state index contributed by atoms with van der Waals surface area (Å²) in [6.07, 6.45) is 1.62. The van der Waals surface area contributed by atoms with E-state index in [1.165, 1.54) is 0 Å². The van der Waals surface area contributed by atoms with Crippen molar-refractivity contribution in [2.24, 2.45) is 0 Å². The lowest BCUT2D eigenvalue weighted by atomic mass is 10.0. The maximum atomic E-state index is 13.1. The van der Waals surface area contributed by atoms with Gasteiger partial charge in [0.2, 0.25) is 5.78 Å². The van der Waals surface area contributed by atoms with Gasteiger partial charge in [0.25, 0.3) is 0 Å². The molecule has 0 amide bonds. The number of halogens is 1. The van der Waals surface area contributed by atoms with E-state index in [4.69, 9.17) is 11.6 Å². The predicted octanol–water partition coefficient (Wildman–Crippen LogP) is 5.57. The number of nitrogens with zero attached hydrogens (tertiary/aromatic N) is 2. The number of rotatable bonds is 4. The summed E-state index contributed by atoms with van der Waals surface area (Å²) in [5, 5.41) is 4.72. The second-order valence-corrected chi connectivity index (χ2v) is 6.69. The largest absolute Gasteiger partial charge is 0.340 e. The van der Waals surface area contributed by atoms with Gasteiger partial charge < -0.3 is 5.32 Å². The number of benzene rings is 2. The Labute approximate surface area is 161 Å². The fourth-order valence-electron chi connectivity index (χ4n) is 2.91. The van der Waals surface area contributed by atoms with Gasteiger partial charge in [0, 0.05) is 27.9 Å². The Hall–Kier alpha value is -3.24. The number of nitrogens with one attached hydrogen (secondary N) is 1. The van der Waals surface area contributed by atoms with Crippen LogP contribution in [0.2, 0.25) is 5.02 Å². The molecule has 27 heavy (non-hydrogen) atoms. The number of carbonyl (C=O) groups excluding carboxylic acids is 1. The number of hydrogen-bond acceptors (Lipinski definition) is 4. The zero-order chi connectivity index (χ0) is 18.8. The molecule has 2 aromatic carbocycles. The maximum Gasteiger partial charge on any atom is 0.212 e. The Morgan fingerprint density at radius 2 is 1.81 bits per heavy atom. The topological polar surface area (TPSA) is 54.9 Å². The van der Waals surface area contributed by atoms with Crippen molar-refractivity contribution in [2.75, 3.05) is 5.32 Å². The molecular formula is C22H16ClN3O. The fraction of sp³-hybridized carbons (Fsp3) is 0.0455. The SMILES string of the molecule is Cc1ccc2nc(Nc3ccc(Cl)cc3)cc(C(=O)c3ccccn3)c2c1. The lowest BCUT2D eigenvalue weighted by Crippen LogP contribution is -2.06. The van der Waals surface area contributed by atoms with Crippen LogP contribution in [-0.2, 0) is 0 Å². The minimum absolute atomic E-state index is 0.132. The standard InChI is InChI=1S/C22H16ClN3O/c1-14-5-10-19-17(12-14)18(22(27)20-4-2-3-11-24-20)13-21(26-19)25-16-8-6-15(23)7-9-16/h2-13H,1H3,(H,25,26). The van der Waals surface area contributed by atoms with Gasteiger partial charge in [0.05, 0.1) is 5.52 Å². The van der Waals surface area contributed by atoms with Crippen LogP contribution in [0.5, 0.6) is 0 Å². The Kier molecular flexibility index (Phi) is 4.57. The molecular weight excluding hydrogens is 358 g/mol. The normalized spacial score (nSPS) is 10.7. The van der Waals surface area contributed by atoms with E-state index in [0.29, 0.717) is 22.1 Å². The van der Waals surface area contributed by atoms with Crippen molar-refractivity contribution < 1.29 is 4.79 Å². The van der Waals surface area contributed by atoms with Crippen LogP contribution in [0, 0.1) is 6.92 Å². The van der Waals surface area contributed by atoms with E-state index in [1.807, 2.05) is 43.3 Å². The molecule has 0 atom stereocenters. The summed E-state index contributed by atoms with van der Waals surface area (Å²) < 4.78 is 0. The van der Waals surface area contributed by atoms with Gasteiger partial charge in [-0.05, 0) is 61.5 Å². The van der Waals surface area contributed by atoms with Crippen molar-refractivity contribution >= 4 is 39.8 Å². The second-order valence-electron chi connectivity index (χ2n) is 6.25. The molecule has 4 rings (SSSR count). The molecule has 0 aliphatic heterocycles. The van der Waals surface area contributed by atoms with Crippen molar-refractivity contribution in [2.45, 2.75) is 6.92 Å². The van der Waals surface area contributed by atoms with Crippen molar-refractivity contribution in [1.82, 2.24) is 9.97 Å². The van der Waals surface area contributed by atoms with E-state index in [2.05, 4.69) is 15.3 Å². The molecule has 0 aliphatic rings. The van der Waals surface area contributed by atoms with Gasteiger partial charge in [-0.3, -0.25) is 9.78 Å². The third-order valence-corrected chi connectivity index (χ3v) is 4.47. The van der Waals surface area contributed by atoms with E-state index >= 15 is 0 Å². The first kappa shape index (κ1) is 17.2. The molecule has 2 heterocycles. The third kappa shape index (κ3) is 3.66. The molecule has 0 aliphatic carbocycles. The molecule has 0 fully saturated rings. The number of ketones is 1. The minimum atomic E-state index is -0.132. The van der Waals surface area contributed by atoms with Gasteiger partial charge in [0.1, 0.15) is 11.5 Å². The van der Waals surface area contributed by atoms with Gasteiger partial charge >= 0.3 is 0 Å². The Bertz CT molecular complexity index is 1130. The third-order valence-electron chi connectivity index (χ3n) is 4.22. The van der Waals surface area contributed by atoms with E-state index in [1.54, 1.807) is 36.5 Å². The quantitative estimate of drug-likeness (QED) is 0.475. The summed E-state index contributed by atoms with van der Waals surface area (Å²) >= 11 is 5.95. The monoisotopic (exact) mass is 373 g/mol. The molecule has 1 N–H and O–H groups in total. The highest BCUT2D eigenvalue weighted by molar-refractivity contribution is 6.30. The number of anilines is 2. The van der Waals surface area contributed by atoms with Gasteiger partial charge in [0.15, 0.2) is 0 Å². The average molecular weight is 374 g/mol. The molecule has 0 spiro atoms. The lowest BCUT2D eigenvalue weighted by Gasteiger charge is -2.11. The van der Waals surface area contributed by atoms with Crippen LogP contribution < -0.4 is 5.32 Å². The highest BCUT2D eigenvalue weighted by Gasteiger charge is 2.16. The highest BCUT2D eigenvalue weighted by atomic mass is 35.5. The van der Waals surface area contributed by atoms with Crippen LogP contribution in [0.15, 0.2) is 72.9 Å². The zero-order valence-electron chi connectivity index (χ0n) is 14.6. The number of aryl methyl sites for hydroxylation is 1. The molecule has 0 bridgehead atoms. The molecule has 5 heteroatoms. The fourth-order valence-corrected chi connectivity index (χ4v) is 3.03. The van der Waals surface area contributed by atoms with Crippen molar-refractivity contribution in [3.63, 3.8) is 0 Å². The van der Waals surface area contributed by atoms with E-state index in [-0.39, 0.29) is 5.78 Å². The molecule has 132 valence electrons. The van der Waals surface area contributed by atoms with Crippen molar-refractivity contribution in [1.29, 1.82) is 0 Å². The van der Waals surface area contributed by atoms with E-state index in [9.17, 15) is 4.79 Å². The van der Waals surface area contributed by atoms with Gasteiger partial charge in [-0.25, -0.2) is 4.98 Å². The summed E-state index contributed by atoms with van der Waals surface area (Å²) in [6.45, 7) is 1.99. The van der Waals surface area contributed by atoms with Gasteiger partial charge in [-0.2, -0.15) is 0 Å². The second kappa shape index (κ2) is 7.17. The van der Waals surface area contributed by atoms with Gasteiger partial charge in [-0.15, -0.1) is 0 Å². The highest BCUT2D eigenvalue weighted by Crippen LogP contribution is 2.26. The summed E-state index contributed by atoms with van der Waals surface area (Å²) in [4.78, 5) is 21.9. The summed E-state index contributed by atoms with van der Waals surface area (Å²) in [5.74, 6) is 0.459. The van der Waals surface area contributed by atoms with Gasteiger partial charge in [-0.1, -0.05) is 29.3 Å². The first-order chi connectivity index (χ1) is 13.1. The van der Waals surface area contributed by atoms with Crippen LogP contribution in [-0.4, -0.2) is 15.8 Å². The van der Waals surface area contributed by atoms with Crippen LogP contribution in [0.1, 0.15) is 21.6 Å². The zero-order valence-corrected chi connectivity index (χ0v) is 15.4. The number of carbonyl (C=O) groups is 1. The minimum Gasteiger partial charge on any atom is -0.340 e. The molecule has 0 unspecified atom stereocenters. The maximum absolute atomic E-state index is 13.1. The van der Waals surface area contributed by atoms with Crippen LogP contribution in [0.3, 0.4) is 0 Å². The lowest BCUT2D eigenvalue weighted by molar-refractivity contribution is 0.103. The first-order valence-electron chi connectivity index (χ1n) is 8.50. The average Bonchev–Trinajstić information content (AvgIpc) is 2.69. The Balaban J connectivity index is 1.83. The summed E-state index contributed by atoms with van der Waals surface area (Å²) in [6, 6.07) is 20.3. The smallest absolute Gasteiger partial charge is 0.212 e. The Morgan fingerprint density at radius 3 is 2.56 bits per heavy atom. The summed E-state index contributed by atoms with van der Waals surface area (Å²) in [5.41, 5.74) is 3.63. The first-order valence-corrected chi connectivity index (χ1v) is 8.88. The van der Waals surface area contributed by atoms with E-state index in [0.717, 1.165) is 22.2 Å². The number of pyridine rings is 2. The molecule has 4 aromatic rings. The molecule has 0 saturated heterocycles. The molecule has 0 saturated carbocycles. The summed E-state index contributed by atoms with van der Waals surface area (Å²) in [7, 11) is 0. The molecule has 2 aromatic heterocycles. The molecule has 0 radical (unpaired) electrons.